The number of aryl methyl sites for hydroxylation is 6. The van der Waals surface area contributed by atoms with Gasteiger partial charge in [0.25, 0.3) is 33.4 Å². The number of thiol groups is 1. The molecule has 1 atom stereocenters. The van der Waals surface area contributed by atoms with Crippen LogP contribution >= 0.6 is 24.4 Å². The molecule has 6 heterocycles. The normalized spacial score (nSPS) is 11.1. The van der Waals surface area contributed by atoms with E-state index in [1.54, 1.807) is 0 Å². The molecule has 710 valence electrons. The zero-order chi connectivity index (χ0) is 97.2. The van der Waals surface area contributed by atoms with E-state index >= 15 is 0 Å². The Hall–Kier alpha value is -15.0. The molecule has 14 amide bonds. The third-order valence-electron chi connectivity index (χ3n) is 19.1. The van der Waals surface area contributed by atoms with Crippen molar-refractivity contribution in [1.29, 1.82) is 0 Å². The van der Waals surface area contributed by atoms with E-state index in [1.807, 2.05) is 19.9 Å². The number of aromatic nitrogens is 12. The summed E-state index contributed by atoms with van der Waals surface area (Å²) in [6, 6.07) is -1.05. The monoisotopic (exact) mass is 1880 g/mol. The largest absolute Gasteiger partial charge is 0.370 e. The highest BCUT2D eigenvalue weighted by molar-refractivity contribution is 8.13. The molecule has 0 saturated heterocycles. The van der Waals surface area contributed by atoms with Gasteiger partial charge in [-0.2, -0.15) is 12.6 Å². The van der Waals surface area contributed by atoms with Crippen LogP contribution in [0.2, 0.25) is 0 Å². The number of nitrogens with zero attached hydrogens (tertiary/aromatic N) is 12. The zero-order valence-corrected chi connectivity index (χ0v) is 73.7. The molecule has 0 fully saturated rings. The van der Waals surface area contributed by atoms with Gasteiger partial charge >= 0.3 is 34.1 Å². The number of aromatic amines is 6. The smallest absolute Gasteiger partial charge is 0.328 e. The summed E-state index contributed by atoms with van der Waals surface area (Å²) < 4.78 is 4.95. The number of nitrogens with two attached hydrogens (primary N) is 2. The fourth-order valence-electron chi connectivity index (χ4n) is 11.8. The first kappa shape index (κ1) is 105. The van der Waals surface area contributed by atoms with E-state index in [0.29, 0.717) is 11.8 Å². The van der Waals surface area contributed by atoms with Gasteiger partial charge in [-0.1, -0.05) is 11.8 Å². The molecule has 0 aromatic carbocycles. The molecule has 56 heteroatoms. The number of rotatable bonds is 50. The second-order valence-electron chi connectivity index (χ2n) is 29.5. The minimum absolute atomic E-state index is 0.000434. The van der Waals surface area contributed by atoms with Crippen molar-refractivity contribution in [3.63, 3.8) is 0 Å². The number of thioether (sulfide) groups is 1. The second kappa shape index (κ2) is 50.5. The standard InChI is InChI=1S/C75H101N27O27S2/c1-42-23-97(70(124)85-63(42)117)34-56(110)91(17-11-80-53(107)31-93(58(112)36-99-25-44(3)65(119)87-72(99)126)19-13-82-55(109)33-95(21-15-84-69(123)48(76)41-130)60(114)38-101-27-46(5)67(121)89-74(101)128)29-51(105)79-10-16-92(57(111)35-98-24-43(2)64(118)86-71(98)125)30-52(106)81-12-18-94(59(113)37-100-26-45(4)66(120)88-73(100)127)32-54(108)83-14-20-96(61(115)39-102-28-47(6)68(122)90-75(102)129)40-62(116)131-22-8-50(104)78-9-7-49(77)103/h23-28,48,130H,7-22,29-41,76H2,1-6H3,(H2,77,103)(H,78,104)(H,79,105)(H,80,107)(H,81,106)(H,82,109)(H,83,108)(H,84,123)(H,85,117,124)(H,86,118,125)(H,87,119,126)(H,88,120,127)(H,89,121,128)(H,90,122,129)/t48-/m0/s1. The lowest BCUT2D eigenvalue weighted by Crippen LogP contribution is -2.51. The van der Waals surface area contributed by atoms with Crippen LogP contribution in [0, 0.1) is 41.5 Å². The Balaban J connectivity index is 1.18. The Morgan fingerprint density at radius 1 is 0.321 bits per heavy atom. The Morgan fingerprint density at radius 2 is 0.527 bits per heavy atom. The van der Waals surface area contributed by atoms with Crippen LogP contribution in [-0.4, -0.2) is 316 Å². The summed E-state index contributed by atoms with van der Waals surface area (Å²) in [7, 11) is 0. The number of carbonyl (C=O) groups is 15. The van der Waals surface area contributed by atoms with Gasteiger partial charge in [-0.05, 0) is 41.5 Å². The van der Waals surface area contributed by atoms with Crippen LogP contribution < -0.4 is 116 Å². The van der Waals surface area contributed by atoms with Gasteiger partial charge in [0.2, 0.25) is 87.8 Å². The molecule has 0 saturated carbocycles. The van der Waals surface area contributed by atoms with Crippen molar-refractivity contribution >= 4 is 112 Å². The van der Waals surface area contributed by atoms with Gasteiger partial charge in [-0.25, -0.2) is 28.8 Å². The average Bonchev–Trinajstić information content (AvgIpc) is 0.861. The molecule has 0 spiro atoms. The fraction of sp³-hybridized carbons (Fsp3) is 0.480. The van der Waals surface area contributed by atoms with Crippen LogP contribution in [0.15, 0.2) is 94.7 Å². The third-order valence-corrected chi connectivity index (χ3v) is 20.3. The SMILES string of the molecule is Cc1cn(CC(=O)N(CCNC(=O)CN(CCNC(=O)CN(CCNC(=O)[C@@H](N)CS)C(=O)Cn2cc(C)c(=O)[nH]c2=O)C(=O)Cn2cc(C)c(=O)[nH]c2=O)CC(=O)NCCN(CC(=O)NCCN(CC(=O)NCCN(CC(=O)SCCC(=O)NCCC(N)=O)C(=O)Cn2cc(C)c(=O)[nH]c2=O)C(=O)Cn2cc(C)c(=O)[nH]c2=O)C(=O)Cn2cc(C)c(=O)[nH]c2=O)c(=O)[nH]c1=O. The van der Waals surface area contributed by atoms with E-state index in [4.69, 9.17) is 11.5 Å². The molecule has 0 bridgehead atoms. The van der Waals surface area contributed by atoms with E-state index in [0.717, 1.165) is 94.0 Å². The lowest BCUT2D eigenvalue weighted by molar-refractivity contribution is -0.138. The highest BCUT2D eigenvalue weighted by atomic mass is 32.2. The molecule has 6 aromatic rings. The predicted molar refractivity (Wildman–Crippen MR) is 465 cm³/mol. The van der Waals surface area contributed by atoms with E-state index in [-0.39, 0.29) is 77.4 Å². The summed E-state index contributed by atoms with van der Waals surface area (Å²) in [5.74, 6) is -12.4. The summed E-state index contributed by atoms with van der Waals surface area (Å²) in [6.45, 7) is -7.53. The second-order valence-corrected chi connectivity index (χ2v) is 31.0. The van der Waals surface area contributed by atoms with Gasteiger partial charge < -0.3 is 78.1 Å². The number of primary amides is 1. The number of nitrogens with one attached hydrogen (secondary N) is 13. The van der Waals surface area contributed by atoms with Crippen LogP contribution in [0.3, 0.4) is 0 Å². The van der Waals surface area contributed by atoms with Gasteiger partial charge in [-0.3, -0.25) is 158 Å². The maximum Gasteiger partial charge on any atom is 0.328 e. The summed E-state index contributed by atoms with van der Waals surface area (Å²) in [5, 5.41) is 16.7. The molecule has 6 rings (SSSR count). The summed E-state index contributed by atoms with van der Waals surface area (Å²) in [4.78, 5) is 371. The quantitative estimate of drug-likeness (QED) is 0.0158. The van der Waals surface area contributed by atoms with E-state index in [2.05, 4.69) is 59.8 Å². The summed E-state index contributed by atoms with van der Waals surface area (Å²) in [6.07, 6.45) is 6.06. The van der Waals surface area contributed by atoms with Crippen molar-refractivity contribution in [1.82, 2.24) is 124 Å². The van der Waals surface area contributed by atoms with E-state index < -0.39 is 305 Å². The Bertz CT molecular complexity index is 6000. The highest BCUT2D eigenvalue weighted by Gasteiger charge is 2.28. The van der Waals surface area contributed by atoms with Gasteiger partial charge in [0.1, 0.15) is 39.3 Å². The highest BCUT2D eigenvalue weighted by Crippen LogP contribution is 2.09. The van der Waals surface area contributed by atoms with Crippen LogP contribution in [0.25, 0.3) is 0 Å². The maximum absolute atomic E-state index is 14.2. The first-order valence-corrected chi connectivity index (χ1v) is 41.6. The Kier molecular flexibility index (Phi) is 40.4. The molecule has 54 nitrogen and oxygen atoms in total. The van der Waals surface area contributed by atoms with Crippen molar-refractivity contribution in [2.75, 3.05) is 136 Å². The predicted octanol–water partition coefficient (Wildman–Crippen LogP) is -14.3. The lowest BCUT2D eigenvalue weighted by Gasteiger charge is -2.26. The average molecular weight is 1880 g/mol. The summed E-state index contributed by atoms with van der Waals surface area (Å²) >= 11 is 4.65. The molecule has 0 aliphatic carbocycles. The molecule has 0 aliphatic rings. The minimum Gasteiger partial charge on any atom is -0.370 e. The molecule has 0 aliphatic heterocycles. The number of H-pyrrole nitrogens is 6. The van der Waals surface area contributed by atoms with E-state index in [9.17, 15) is 129 Å². The van der Waals surface area contributed by atoms with Crippen LogP contribution in [0.5, 0.6) is 0 Å². The van der Waals surface area contributed by atoms with Crippen molar-refractivity contribution in [3.8, 4) is 0 Å². The van der Waals surface area contributed by atoms with Crippen LogP contribution in [0.4, 0.5) is 0 Å². The molecule has 17 N–H and O–H groups in total. The first-order chi connectivity index (χ1) is 61.8. The molecule has 0 radical (unpaired) electrons. The maximum atomic E-state index is 14.2. The Morgan fingerprint density at radius 3 is 0.740 bits per heavy atom. The molecular weight excluding hydrogens is 1780 g/mol. The number of amides is 14. The number of carbonyl (C=O) groups excluding carboxylic acids is 15. The zero-order valence-electron chi connectivity index (χ0n) is 71.9. The molecule has 0 unspecified atom stereocenters. The molecule has 131 heavy (non-hydrogen) atoms. The van der Waals surface area contributed by atoms with Crippen molar-refractivity contribution in [2.45, 2.75) is 99.7 Å². The van der Waals surface area contributed by atoms with E-state index in [1.165, 1.54) is 41.5 Å². The lowest BCUT2D eigenvalue weighted by atomic mass is 10.3. The van der Waals surface area contributed by atoms with Crippen LogP contribution in [-0.2, 0) is 111 Å². The number of hydrogen-bond donors (Lipinski definition) is 16. The minimum atomic E-state index is -1.06. The Labute approximate surface area is 747 Å². The third kappa shape index (κ3) is 34.3. The van der Waals surface area contributed by atoms with Crippen LogP contribution in [0.1, 0.15) is 46.2 Å². The van der Waals surface area contributed by atoms with Gasteiger partial charge in [0.15, 0.2) is 0 Å². The van der Waals surface area contributed by atoms with Crippen molar-refractivity contribution in [2.24, 2.45) is 11.5 Å². The summed E-state index contributed by atoms with van der Waals surface area (Å²) in [5.41, 5.74) is 0.154. The fourth-order valence-corrected chi connectivity index (χ4v) is 12.8. The van der Waals surface area contributed by atoms with Crippen molar-refractivity contribution < 1.29 is 71.9 Å². The van der Waals surface area contributed by atoms with Crippen molar-refractivity contribution in [3.05, 3.63) is 196 Å². The van der Waals surface area contributed by atoms with Gasteiger partial charge in [-0.15, -0.1) is 0 Å². The molecular formula is C75H101N27O27S2. The van der Waals surface area contributed by atoms with Gasteiger partial charge in [0.05, 0.1) is 45.3 Å². The van der Waals surface area contributed by atoms with Gasteiger partial charge in [0, 0.05) is 180 Å². The number of hydrogen-bond acceptors (Lipinski definition) is 30. The first-order valence-electron chi connectivity index (χ1n) is 40.0. The molecule has 6 aromatic heterocycles. The topological polar surface area (TPSA) is 741 Å².